The molecule has 1 aromatic carbocycles. The number of nitrogens with two attached hydrogens (primary N) is 1. The Kier molecular flexibility index (Phi) is 5.54. The minimum Gasteiger partial charge on any atom is -0.443 e. The van der Waals surface area contributed by atoms with E-state index >= 15 is 0 Å². The topological polar surface area (TPSA) is 90.6 Å². The second-order valence-electron chi connectivity index (χ2n) is 7.85. The van der Waals surface area contributed by atoms with Crippen molar-refractivity contribution in [3.8, 4) is 11.8 Å². The molecule has 0 aliphatic rings. The van der Waals surface area contributed by atoms with E-state index in [1.165, 1.54) is 24.1 Å². The summed E-state index contributed by atoms with van der Waals surface area (Å²) in [5.41, 5.74) is 7.33. The molecule has 2 heterocycles. The van der Waals surface area contributed by atoms with Crippen molar-refractivity contribution >= 4 is 34.4 Å². The molecule has 158 valence electrons. The molecular weight excluding hydrogens is 399 g/mol. The first-order chi connectivity index (χ1) is 14.5. The van der Waals surface area contributed by atoms with Gasteiger partial charge >= 0.3 is 6.09 Å². The number of pyridine rings is 1. The summed E-state index contributed by atoms with van der Waals surface area (Å²) in [6.45, 7) is 12.4. The van der Waals surface area contributed by atoms with E-state index in [0.717, 1.165) is 6.07 Å². The zero-order chi connectivity index (χ0) is 22.9. The lowest BCUT2D eigenvalue weighted by Gasteiger charge is -2.24. The maximum atomic E-state index is 13.7. The fourth-order valence-electron chi connectivity index (χ4n) is 2.85. The van der Waals surface area contributed by atoms with Crippen LogP contribution < -0.4 is 10.6 Å². The van der Waals surface area contributed by atoms with Crippen LogP contribution >= 0.6 is 0 Å². The number of nitrogens with zero attached hydrogens (tertiary/aromatic N) is 5. The number of amides is 1. The fraction of sp³-hybridized carbons (Fsp3) is 0.273. The van der Waals surface area contributed by atoms with Gasteiger partial charge in [-0.2, -0.15) is 0 Å². The van der Waals surface area contributed by atoms with E-state index in [4.69, 9.17) is 17.0 Å². The summed E-state index contributed by atoms with van der Waals surface area (Å²) in [5.74, 6) is 5.50. The van der Waals surface area contributed by atoms with Crippen molar-refractivity contribution in [2.24, 2.45) is 7.05 Å². The molecule has 0 bridgehead atoms. The Labute approximate surface area is 179 Å². The van der Waals surface area contributed by atoms with Crippen molar-refractivity contribution in [1.82, 2.24) is 14.5 Å². The molecule has 2 aromatic heterocycles. The van der Waals surface area contributed by atoms with Gasteiger partial charge in [0.05, 0.1) is 24.0 Å². The molecule has 0 saturated heterocycles. The van der Waals surface area contributed by atoms with Crippen LogP contribution in [0.1, 0.15) is 31.9 Å². The number of rotatable bonds is 1. The Bertz CT molecular complexity index is 1290. The van der Waals surface area contributed by atoms with Crippen LogP contribution in [-0.2, 0) is 11.8 Å². The highest BCUT2D eigenvalue weighted by Crippen LogP contribution is 2.30. The zero-order valence-corrected chi connectivity index (χ0v) is 17.8. The third kappa shape index (κ3) is 4.57. The van der Waals surface area contributed by atoms with Crippen LogP contribution in [0.3, 0.4) is 0 Å². The molecule has 0 spiro atoms. The first kappa shape index (κ1) is 21.6. The standard InChI is InChI=1S/C22H21FN6O2/c1-22(2,3)31-21(30)29(6)20-17-18(28(5)12-26-17)16(19(24)27-20)8-7-13-9-14(23)11-15(10-13)25-4/h9-12H,1-3,5-6H3,(H2,24,27). The van der Waals surface area contributed by atoms with E-state index in [0.29, 0.717) is 22.2 Å². The van der Waals surface area contributed by atoms with E-state index in [1.807, 2.05) is 0 Å². The van der Waals surface area contributed by atoms with E-state index in [-0.39, 0.29) is 17.3 Å². The Morgan fingerprint density at radius 2 is 2.03 bits per heavy atom. The zero-order valence-electron chi connectivity index (χ0n) is 17.8. The Balaban J connectivity index is 2.11. The molecule has 0 radical (unpaired) electrons. The number of anilines is 2. The predicted octanol–water partition coefficient (Wildman–Crippen LogP) is 4.01. The van der Waals surface area contributed by atoms with Crippen LogP contribution in [0.25, 0.3) is 15.9 Å². The molecular formula is C22H21FN6O2. The SMILES string of the molecule is [C-]#[N+]c1cc(F)cc(C#Cc2c(N)nc(N(C)C(=O)OC(C)(C)C)c3ncn(C)c23)c1. The van der Waals surface area contributed by atoms with Gasteiger partial charge in [-0.25, -0.2) is 24.0 Å². The van der Waals surface area contributed by atoms with Crippen LogP contribution in [0, 0.1) is 24.2 Å². The Morgan fingerprint density at radius 3 is 2.68 bits per heavy atom. The van der Waals surface area contributed by atoms with E-state index < -0.39 is 17.5 Å². The second kappa shape index (κ2) is 7.96. The third-order valence-electron chi connectivity index (χ3n) is 4.20. The van der Waals surface area contributed by atoms with Crippen LogP contribution in [0.2, 0.25) is 0 Å². The van der Waals surface area contributed by atoms with Crippen molar-refractivity contribution in [2.45, 2.75) is 26.4 Å². The molecule has 0 aliphatic carbocycles. The number of imidazole rings is 1. The van der Waals surface area contributed by atoms with Gasteiger partial charge in [-0.1, -0.05) is 11.8 Å². The van der Waals surface area contributed by atoms with Gasteiger partial charge in [-0.05, 0) is 39.0 Å². The summed E-state index contributed by atoms with van der Waals surface area (Å²) in [4.78, 5) is 25.7. The van der Waals surface area contributed by atoms with Crippen molar-refractivity contribution < 1.29 is 13.9 Å². The maximum Gasteiger partial charge on any atom is 0.415 e. The fourth-order valence-corrected chi connectivity index (χ4v) is 2.85. The molecule has 9 heteroatoms. The van der Waals surface area contributed by atoms with Gasteiger partial charge in [0, 0.05) is 19.7 Å². The minimum absolute atomic E-state index is 0.0795. The quantitative estimate of drug-likeness (QED) is 0.474. The number of halogens is 1. The summed E-state index contributed by atoms with van der Waals surface area (Å²) in [5, 5.41) is 0. The molecule has 8 nitrogen and oxygen atoms in total. The van der Waals surface area contributed by atoms with Gasteiger partial charge in [0.15, 0.2) is 11.5 Å². The van der Waals surface area contributed by atoms with Gasteiger partial charge in [-0.3, -0.25) is 4.90 Å². The summed E-state index contributed by atoms with van der Waals surface area (Å²) in [7, 11) is 3.28. The van der Waals surface area contributed by atoms with Gasteiger partial charge in [0.25, 0.3) is 0 Å². The smallest absolute Gasteiger partial charge is 0.415 e. The third-order valence-corrected chi connectivity index (χ3v) is 4.20. The highest BCUT2D eigenvalue weighted by Gasteiger charge is 2.25. The lowest BCUT2D eigenvalue weighted by Crippen LogP contribution is -2.34. The van der Waals surface area contributed by atoms with Crippen LogP contribution in [0.4, 0.5) is 26.5 Å². The number of aromatic nitrogens is 3. The van der Waals surface area contributed by atoms with Gasteiger partial charge in [0.2, 0.25) is 0 Å². The number of carbonyl (C=O) groups excluding carboxylic acids is 1. The summed E-state index contributed by atoms with van der Waals surface area (Å²) in [6, 6.07) is 3.85. The average molecular weight is 420 g/mol. The molecule has 31 heavy (non-hydrogen) atoms. The van der Waals surface area contributed by atoms with Gasteiger partial charge in [0.1, 0.15) is 22.8 Å². The van der Waals surface area contributed by atoms with Crippen LogP contribution in [-0.4, -0.2) is 33.3 Å². The average Bonchev–Trinajstić information content (AvgIpc) is 3.06. The van der Waals surface area contributed by atoms with Crippen LogP contribution in [0.15, 0.2) is 24.5 Å². The molecule has 1 amide bonds. The van der Waals surface area contributed by atoms with Crippen molar-refractivity contribution in [1.29, 1.82) is 0 Å². The normalized spacial score (nSPS) is 10.9. The molecule has 0 unspecified atom stereocenters. The number of hydrogen-bond donors (Lipinski definition) is 1. The maximum absolute atomic E-state index is 13.7. The lowest BCUT2D eigenvalue weighted by molar-refractivity contribution is 0.0588. The largest absolute Gasteiger partial charge is 0.443 e. The Morgan fingerprint density at radius 1 is 1.32 bits per heavy atom. The molecule has 0 aliphatic heterocycles. The first-order valence-electron chi connectivity index (χ1n) is 9.27. The molecule has 3 aromatic rings. The molecule has 3 rings (SSSR count). The number of hydrogen-bond acceptors (Lipinski definition) is 5. The number of nitrogen functional groups attached to an aromatic ring is 1. The van der Waals surface area contributed by atoms with Crippen molar-refractivity contribution in [2.75, 3.05) is 17.7 Å². The number of benzene rings is 1. The lowest BCUT2D eigenvalue weighted by atomic mass is 10.1. The monoisotopic (exact) mass is 420 g/mol. The van der Waals surface area contributed by atoms with E-state index in [9.17, 15) is 9.18 Å². The molecule has 0 saturated carbocycles. The molecule has 0 atom stereocenters. The predicted molar refractivity (Wildman–Crippen MR) is 116 cm³/mol. The summed E-state index contributed by atoms with van der Waals surface area (Å²) in [6.07, 6.45) is 0.958. The summed E-state index contributed by atoms with van der Waals surface area (Å²) < 4.78 is 20.8. The van der Waals surface area contributed by atoms with Crippen LogP contribution in [0.5, 0.6) is 0 Å². The summed E-state index contributed by atoms with van der Waals surface area (Å²) >= 11 is 0. The number of carbonyl (C=O) groups is 1. The van der Waals surface area contributed by atoms with Crippen molar-refractivity contribution in [3.05, 3.63) is 52.9 Å². The highest BCUT2D eigenvalue weighted by molar-refractivity contribution is 6.00. The molecule has 0 fully saturated rings. The minimum atomic E-state index is -0.680. The van der Waals surface area contributed by atoms with E-state index in [2.05, 4.69) is 26.7 Å². The second-order valence-corrected chi connectivity index (χ2v) is 7.85. The van der Waals surface area contributed by atoms with E-state index in [1.54, 1.807) is 38.7 Å². The van der Waals surface area contributed by atoms with Crippen molar-refractivity contribution in [3.63, 3.8) is 0 Å². The highest BCUT2D eigenvalue weighted by atomic mass is 19.1. The molecule has 2 N–H and O–H groups in total. The Hall–Kier alpha value is -4.11. The van der Waals surface area contributed by atoms with Gasteiger partial charge < -0.3 is 15.0 Å². The number of ether oxygens (including phenoxy) is 1. The number of aryl methyl sites for hydroxylation is 1. The number of fused-ring (bicyclic) bond motifs is 1. The first-order valence-corrected chi connectivity index (χ1v) is 9.27. The van der Waals surface area contributed by atoms with Gasteiger partial charge in [-0.15, -0.1) is 0 Å².